The van der Waals surface area contributed by atoms with E-state index in [1.807, 2.05) is 0 Å². The zero-order valence-electron chi connectivity index (χ0n) is 34.1. The first-order valence-corrected chi connectivity index (χ1v) is 22.2. The average molecular weight is 752 g/mol. The molecule has 0 radical (unpaired) electrons. The Labute approximate surface area is 339 Å². The normalized spacial score (nSPS) is 36.1. The van der Waals surface area contributed by atoms with Crippen LogP contribution in [0.5, 0.6) is 5.75 Å². The fraction of sp³-hybridized carbons (Fsp3) is 0.407. The SMILES string of the molecule is CC1C=C(n2c3c(c4cc(C5=C[C@H](C)CC6OC7C=C(C8=CC=CCC8)C=CC7C(C7c8ccccc8OC8CC(C)C=CC87)C56)ccc42)C(C)CC=C3)C=CC1. The van der Waals surface area contributed by atoms with Crippen LogP contribution in [0.15, 0.2) is 133 Å². The number of ether oxygens (including phenoxy) is 2. The van der Waals surface area contributed by atoms with Crippen molar-refractivity contribution in [2.45, 2.75) is 96.4 Å². The minimum atomic E-state index is 0.0462. The number of fused-ring (bicyclic) bond motifs is 7. The van der Waals surface area contributed by atoms with Crippen molar-refractivity contribution in [3.63, 3.8) is 0 Å². The molecule has 1 saturated heterocycles. The molecule has 0 spiro atoms. The van der Waals surface area contributed by atoms with E-state index in [1.54, 1.807) is 0 Å². The fourth-order valence-electron chi connectivity index (χ4n) is 12.4. The van der Waals surface area contributed by atoms with Crippen molar-refractivity contribution in [1.82, 2.24) is 4.57 Å². The molecule has 3 nitrogen and oxygen atoms in total. The summed E-state index contributed by atoms with van der Waals surface area (Å²) in [5, 5.41) is 1.41. The summed E-state index contributed by atoms with van der Waals surface area (Å²) in [6.07, 6.45) is 40.8. The van der Waals surface area contributed by atoms with Gasteiger partial charge in [-0.05, 0) is 138 Å². The molecule has 11 rings (SSSR count). The minimum Gasteiger partial charge on any atom is -0.489 e. The molecule has 3 aromatic rings. The Hall–Kier alpha value is -4.60. The largest absolute Gasteiger partial charge is 0.489 e. The smallest absolute Gasteiger partial charge is 0.123 e. The Balaban J connectivity index is 1.09. The molecule has 2 aliphatic heterocycles. The highest BCUT2D eigenvalue weighted by atomic mass is 16.5. The summed E-state index contributed by atoms with van der Waals surface area (Å²) < 4.78 is 17.0. The van der Waals surface area contributed by atoms with Gasteiger partial charge in [0.05, 0.1) is 17.7 Å². The van der Waals surface area contributed by atoms with Crippen molar-refractivity contribution in [2.24, 2.45) is 41.4 Å². The second kappa shape index (κ2) is 14.0. The third-order valence-corrected chi connectivity index (χ3v) is 14.9. The van der Waals surface area contributed by atoms with Gasteiger partial charge in [-0.1, -0.05) is 119 Å². The number of hydrogen-bond donors (Lipinski definition) is 0. The molecule has 57 heavy (non-hydrogen) atoms. The van der Waals surface area contributed by atoms with Gasteiger partial charge in [-0.2, -0.15) is 0 Å². The van der Waals surface area contributed by atoms with Crippen molar-refractivity contribution in [2.75, 3.05) is 0 Å². The zero-order chi connectivity index (χ0) is 38.4. The number of nitrogens with zero attached hydrogens (tertiary/aromatic N) is 1. The molecule has 3 heteroatoms. The number of hydrogen-bond acceptors (Lipinski definition) is 2. The third kappa shape index (κ3) is 5.93. The van der Waals surface area contributed by atoms with Crippen molar-refractivity contribution < 1.29 is 9.47 Å². The standard InChI is InChI=1S/C54H57NO2/c1-32-12-10-16-39(26-32)55-45-25-22-38(30-44(45)51-35(4)13-11-18-46(51)55)43-27-34(3)29-50-53(43)54(42-24-21-37(31-49(42)57-50)36-14-6-5-7-15-36)52-40-17-8-9-19-47(40)56-48-28-33(2)20-23-41(48)52/h5-6,8-11,14,16-27,30-35,41-42,48-50,52-54H,7,12-13,15,28-29H2,1-4H3/t32?,33?,34-,35?,41?,42?,48?,49?,50?,52?,53?,54?/m0/s1. The van der Waals surface area contributed by atoms with E-state index in [9.17, 15) is 0 Å². The first-order valence-electron chi connectivity index (χ1n) is 22.2. The van der Waals surface area contributed by atoms with Crippen LogP contribution in [0.1, 0.15) is 100 Å². The Morgan fingerprint density at radius 3 is 2.49 bits per heavy atom. The lowest BCUT2D eigenvalue weighted by Crippen LogP contribution is -2.54. The number of para-hydroxylation sites is 1. The summed E-state index contributed by atoms with van der Waals surface area (Å²) in [7, 11) is 0. The van der Waals surface area contributed by atoms with Gasteiger partial charge in [-0.15, -0.1) is 0 Å². The van der Waals surface area contributed by atoms with E-state index in [1.165, 1.54) is 55.7 Å². The van der Waals surface area contributed by atoms with Gasteiger partial charge in [0.25, 0.3) is 0 Å². The third-order valence-electron chi connectivity index (χ3n) is 14.9. The maximum absolute atomic E-state index is 7.50. The van der Waals surface area contributed by atoms with Crippen LogP contribution in [0.2, 0.25) is 0 Å². The molecule has 3 heterocycles. The highest BCUT2D eigenvalue weighted by Gasteiger charge is 2.55. The molecule has 0 N–H and O–H groups in total. The second-order valence-electron chi connectivity index (χ2n) is 18.8. The predicted octanol–water partition coefficient (Wildman–Crippen LogP) is 13.2. The molecule has 12 atom stereocenters. The molecule has 2 aromatic carbocycles. The molecule has 290 valence electrons. The van der Waals surface area contributed by atoms with Crippen LogP contribution in [0.3, 0.4) is 0 Å². The summed E-state index contributed by atoms with van der Waals surface area (Å²) in [4.78, 5) is 0. The van der Waals surface area contributed by atoms with E-state index in [0.29, 0.717) is 41.4 Å². The highest BCUT2D eigenvalue weighted by molar-refractivity contribution is 5.95. The maximum Gasteiger partial charge on any atom is 0.123 e. The summed E-state index contributed by atoms with van der Waals surface area (Å²) in [5.41, 5.74) is 12.5. The highest BCUT2D eigenvalue weighted by Crippen LogP contribution is 2.60. The van der Waals surface area contributed by atoms with E-state index < -0.39 is 0 Å². The van der Waals surface area contributed by atoms with Gasteiger partial charge in [0.1, 0.15) is 11.9 Å². The molecule has 0 amide bonds. The van der Waals surface area contributed by atoms with E-state index in [0.717, 1.165) is 44.3 Å². The lowest BCUT2D eigenvalue weighted by Gasteiger charge is -2.55. The average Bonchev–Trinajstić information content (AvgIpc) is 3.56. The topological polar surface area (TPSA) is 23.4 Å². The lowest BCUT2D eigenvalue weighted by atomic mass is 9.55. The molecule has 1 fully saturated rings. The molecule has 6 aliphatic carbocycles. The molecule has 8 aliphatic rings. The number of allylic oxidation sites excluding steroid dienone is 13. The van der Waals surface area contributed by atoms with Gasteiger partial charge in [-0.25, -0.2) is 0 Å². The van der Waals surface area contributed by atoms with Gasteiger partial charge < -0.3 is 14.0 Å². The van der Waals surface area contributed by atoms with Crippen LogP contribution in [0.4, 0.5) is 0 Å². The molecule has 11 unspecified atom stereocenters. The van der Waals surface area contributed by atoms with Crippen molar-refractivity contribution in [3.05, 3.63) is 155 Å². The summed E-state index contributed by atoms with van der Waals surface area (Å²) in [6.45, 7) is 9.52. The number of benzene rings is 2. The zero-order valence-corrected chi connectivity index (χ0v) is 34.1. The second-order valence-corrected chi connectivity index (χ2v) is 18.8. The van der Waals surface area contributed by atoms with Gasteiger partial charge >= 0.3 is 0 Å². The lowest BCUT2D eigenvalue weighted by molar-refractivity contribution is -0.120. The fourth-order valence-corrected chi connectivity index (χ4v) is 12.4. The van der Waals surface area contributed by atoms with Crippen molar-refractivity contribution in [1.29, 1.82) is 0 Å². The van der Waals surface area contributed by atoms with E-state index in [-0.39, 0.29) is 30.1 Å². The summed E-state index contributed by atoms with van der Waals surface area (Å²) in [6, 6.07) is 16.5. The van der Waals surface area contributed by atoms with E-state index in [4.69, 9.17) is 9.47 Å². The Kier molecular flexibility index (Phi) is 8.76. The quantitative estimate of drug-likeness (QED) is 0.248. The Bertz CT molecular complexity index is 2400. The summed E-state index contributed by atoms with van der Waals surface area (Å²) in [5.74, 6) is 4.51. The Morgan fingerprint density at radius 2 is 1.61 bits per heavy atom. The minimum absolute atomic E-state index is 0.0462. The molecule has 0 bridgehead atoms. The van der Waals surface area contributed by atoms with Crippen LogP contribution in [0, 0.1) is 41.4 Å². The van der Waals surface area contributed by atoms with E-state index >= 15 is 0 Å². The van der Waals surface area contributed by atoms with Gasteiger partial charge in [0.2, 0.25) is 0 Å². The molecular weight excluding hydrogens is 695 g/mol. The maximum atomic E-state index is 7.50. The van der Waals surface area contributed by atoms with Crippen LogP contribution in [-0.2, 0) is 4.74 Å². The first kappa shape index (κ1) is 35.6. The van der Waals surface area contributed by atoms with Crippen LogP contribution in [-0.4, -0.2) is 22.9 Å². The molecule has 0 saturated carbocycles. The predicted molar refractivity (Wildman–Crippen MR) is 236 cm³/mol. The van der Waals surface area contributed by atoms with Crippen LogP contribution < -0.4 is 4.74 Å². The Morgan fingerprint density at radius 1 is 0.737 bits per heavy atom. The van der Waals surface area contributed by atoms with Crippen LogP contribution in [0.25, 0.3) is 28.2 Å². The number of rotatable bonds is 4. The molecular formula is C54H57NO2. The monoisotopic (exact) mass is 751 g/mol. The van der Waals surface area contributed by atoms with Crippen molar-refractivity contribution in [3.8, 4) is 5.75 Å². The molecule has 1 aromatic heterocycles. The van der Waals surface area contributed by atoms with Gasteiger partial charge in [0.15, 0.2) is 0 Å². The number of aromatic nitrogens is 1. The van der Waals surface area contributed by atoms with Crippen LogP contribution >= 0.6 is 0 Å². The van der Waals surface area contributed by atoms with Crippen molar-refractivity contribution >= 4 is 28.2 Å². The van der Waals surface area contributed by atoms with Gasteiger partial charge in [0, 0.05) is 40.4 Å². The van der Waals surface area contributed by atoms with Gasteiger partial charge in [-0.3, -0.25) is 0 Å². The first-order chi connectivity index (χ1) is 27.9. The van der Waals surface area contributed by atoms with E-state index in [2.05, 4.69) is 160 Å². The summed E-state index contributed by atoms with van der Waals surface area (Å²) >= 11 is 0.